The maximum absolute atomic E-state index is 11.5. The Morgan fingerprint density at radius 3 is 1.71 bits per heavy atom. The summed E-state index contributed by atoms with van der Waals surface area (Å²) in [5.74, 6) is 0. The first-order valence-electron chi connectivity index (χ1n) is 1.29. The summed E-state index contributed by atoms with van der Waals surface area (Å²) >= 11 is 10.6. The Labute approximate surface area is 63.3 Å². The minimum Gasteiger partial charge on any atom is -0.186 e. The third kappa shape index (κ3) is 3.73. The molecule has 7 heavy (non-hydrogen) atoms. The second-order valence-electron chi connectivity index (χ2n) is 0.842. The van der Waals surface area contributed by atoms with Crippen molar-refractivity contribution in [3.8, 4) is 0 Å². The van der Waals surface area contributed by atoms with Gasteiger partial charge in [-0.25, -0.2) is 0 Å². The molecule has 0 rings (SSSR count). The summed E-state index contributed by atoms with van der Waals surface area (Å²) in [5.41, 5.74) is 0. The van der Waals surface area contributed by atoms with Crippen LogP contribution in [0.4, 0.5) is 8.78 Å². The van der Waals surface area contributed by atoms with Crippen LogP contribution in [0, 0.1) is 0 Å². The van der Waals surface area contributed by atoms with E-state index in [-0.39, 0.29) is 0 Å². The van der Waals surface area contributed by atoms with Crippen molar-refractivity contribution in [2.75, 3.05) is 0 Å². The second-order valence-corrected chi connectivity index (χ2v) is 3.76. The van der Waals surface area contributed by atoms with Gasteiger partial charge in [-0.3, -0.25) is 0 Å². The molecule has 0 aromatic rings. The fourth-order valence-electron chi connectivity index (χ4n) is 0. The predicted molar refractivity (Wildman–Crippen MR) is 34.5 cm³/mol. The van der Waals surface area contributed by atoms with Crippen LogP contribution < -0.4 is 0 Å². The molecule has 0 aliphatic heterocycles. The Hall–Kier alpha value is 1.17. The summed E-state index contributed by atoms with van der Waals surface area (Å²) in [7, 11) is 0. The molecule has 0 nitrogen and oxygen atoms in total. The van der Waals surface area contributed by atoms with Gasteiger partial charge >= 0.3 is 5.38 Å². The lowest BCUT2D eigenvalue weighted by Crippen LogP contribution is -2.14. The zero-order valence-electron chi connectivity index (χ0n) is 2.97. The van der Waals surface area contributed by atoms with E-state index < -0.39 is 8.77 Å². The Balaban J connectivity index is 3.54. The van der Waals surface area contributed by atoms with E-state index in [2.05, 4.69) is 11.6 Å². The first-order valence-corrected chi connectivity index (χ1v) is 3.35. The Bertz CT molecular complexity index is 59.2. The summed E-state index contributed by atoms with van der Waals surface area (Å²) in [6, 6.07) is 0. The summed E-state index contributed by atoms with van der Waals surface area (Å²) in [4.78, 5) is 0. The highest BCUT2D eigenvalue weighted by Crippen LogP contribution is 2.31. The van der Waals surface area contributed by atoms with Crippen LogP contribution in [0.15, 0.2) is 0 Å². The molecule has 0 fully saturated rings. The zero-order valence-corrected chi connectivity index (χ0v) is 6.64. The Kier molecular flexibility index (Phi) is 3.08. The van der Waals surface area contributed by atoms with Crippen LogP contribution in [0.1, 0.15) is 0 Å². The zero-order chi connectivity index (χ0) is 6.08. The predicted octanol–water partition coefficient (Wildman–Crippen LogP) is 2.82. The molecule has 0 spiro atoms. The van der Waals surface area contributed by atoms with Crippen molar-refractivity contribution in [1.29, 1.82) is 0 Å². The van der Waals surface area contributed by atoms with Gasteiger partial charge in [-0.05, 0) is 11.6 Å². The third-order valence-corrected chi connectivity index (χ3v) is 2.00. The molecule has 44 valence electrons. The lowest BCUT2D eigenvalue weighted by atomic mass is 10.8. The molecule has 5 heteroatoms. The van der Waals surface area contributed by atoms with Gasteiger partial charge in [-0.1, -0.05) is 22.6 Å². The van der Waals surface area contributed by atoms with E-state index in [0.717, 1.165) is 0 Å². The largest absolute Gasteiger partial charge is 0.346 e. The summed E-state index contributed by atoms with van der Waals surface area (Å²) in [6.07, 6.45) is 0. The van der Waals surface area contributed by atoms with E-state index in [4.69, 9.17) is 11.6 Å². The normalized spacial score (nSPS) is 16.7. The van der Waals surface area contributed by atoms with Gasteiger partial charge in [-0.2, -0.15) is 8.78 Å². The molecule has 0 amide bonds. The van der Waals surface area contributed by atoms with E-state index in [1.54, 1.807) is 0 Å². The van der Waals surface area contributed by atoms with Crippen LogP contribution in [-0.4, -0.2) is 8.77 Å². The summed E-state index contributed by atoms with van der Waals surface area (Å²) < 4.78 is 21.6. The number of hydrogen-bond donors (Lipinski definition) is 0. The molecule has 1 atom stereocenters. The molecular weight excluding hydrogens is 260 g/mol. The van der Waals surface area contributed by atoms with Crippen molar-refractivity contribution >= 4 is 45.8 Å². The summed E-state index contributed by atoms with van der Waals surface area (Å²) in [5, 5.41) is -3.28. The molecule has 0 aliphatic rings. The van der Waals surface area contributed by atoms with Gasteiger partial charge in [0.2, 0.25) is 0 Å². The van der Waals surface area contributed by atoms with Gasteiger partial charge in [0.25, 0.3) is 0 Å². The van der Waals surface area contributed by atoms with Gasteiger partial charge in [-0.15, -0.1) is 11.6 Å². The fraction of sp³-hybridized carbons (Fsp3) is 1.00. The van der Waals surface area contributed by atoms with Crippen LogP contribution >= 0.6 is 45.8 Å². The maximum atomic E-state index is 11.5. The molecule has 0 N–H and O–H groups in total. The number of alkyl halides is 5. The van der Waals surface area contributed by atoms with Crippen molar-refractivity contribution in [3.63, 3.8) is 0 Å². The Morgan fingerprint density at radius 1 is 1.57 bits per heavy atom. The van der Waals surface area contributed by atoms with Crippen molar-refractivity contribution in [2.45, 2.75) is 8.77 Å². The van der Waals surface area contributed by atoms with Crippen LogP contribution in [0.2, 0.25) is 0 Å². The topological polar surface area (TPSA) is 0 Å². The van der Waals surface area contributed by atoms with Crippen LogP contribution in [0.3, 0.4) is 0 Å². The third-order valence-electron chi connectivity index (χ3n) is 0.247. The first kappa shape index (κ1) is 8.17. The van der Waals surface area contributed by atoms with E-state index in [9.17, 15) is 8.78 Å². The quantitative estimate of drug-likeness (QED) is 0.502. The smallest absolute Gasteiger partial charge is 0.186 e. The van der Waals surface area contributed by atoms with E-state index in [1.165, 1.54) is 22.6 Å². The number of halogens is 5. The van der Waals surface area contributed by atoms with Gasteiger partial charge in [0, 0.05) is 0 Å². The monoisotopic (exact) mass is 260 g/mol. The molecule has 0 aromatic heterocycles. The minimum absolute atomic E-state index is 1.33. The van der Waals surface area contributed by atoms with Gasteiger partial charge in [0.05, 0.1) is 0 Å². The van der Waals surface area contributed by atoms with E-state index in [0.29, 0.717) is 0 Å². The van der Waals surface area contributed by atoms with E-state index >= 15 is 0 Å². The molecule has 0 unspecified atom stereocenters. The SMILES string of the molecule is FC(F)(Cl)[C@@H](Cl)I. The van der Waals surface area contributed by atoms with Crippen LogP contribution in [0.5, 0.6) is 0 Å². The molecule has 0 saturated heterocycles. The van der Waals surface area contributed by atoms with Crippen LogP contribution in [-0.2, 0) is 0 Å². The highest BCUT2D eigenvalue weighted by molar-refractivity contribution is 14.1. The first-order chi connectivity index (χ1) is 2.94. The highest BCUT2D eigenvalue weighted by atomic mass is 127. The lowest BCUT2D eigenvalue weighted by molar-refractivity contribution is 0.118. The summed E-state index contributed by atoms with van der Waals surface area (Å²) in [6.45, 7) is 0. The second kappa shape index (κ2) is 2.64. The van der Waals surface area contributed by atoms with Crippen molar-refractivity contribution in [1.82, 2.24) is 0 Å². The van der Waals surface area contributed by atoms with Gasteiger partial charge in [0.15, 0.2) is 3.38 Å². The lowest BCUT2D eigenvalue weighted by Gasteiger charge is -2.05. The van der Waals surface area contributed by atoms with Crippen LogP contribution in [0.25, 0.3) is 0 Å². The standard InChI is InChI=1S/C2HCl2F2I/c3-1(7)2(4,5)6/h1H/t1-/m0/s1. The average molecular weight is 261 g/mol. The number of hydrogen-bond acceptors (Lipinski definition) is 0. The van der Waals surface area contributed by atoms with Crippen molar-refractivity contribution in [2.24, 2.45) is 0 Å². The molecule has 0 radical (unpaired) electrons. The molecule has 0 bridgehead atoms. The number of rotatable bonds is 1. The molecule has 0 heterocycles. The van der Waals surface area contributed by atoms with Crippen molar-refractivity contribution < 1.29 is 8.78 Å². The molecule has 0 aliphatic carbocycles. The van der Waals surface area contributed by atoms with Gasteiger partial charge in [0.1, 0.15) is 0 Å². The molecule has 0 saturated carbocycles. The van der Waals surface area contributed by atoms with Gasteiger partial charge < -0.3 is 0 Å². The Morgan fingerprint density at radius 2 is 1.71 bits per heavy atom. The van der Waals surface area contributed by atoms with Crippen molar-refractivity contribution in [3.05, 3.63) is 0 Å². The highest BCUT2D eigenvalue weighted by Gasteiger charge is 2.32. The molecule has 0 aromatic carbocycles. The fourth-order valence-corrected chi connectivity index (χ4v) is 0. The molecular formula is C2HCl2F2I. The maximum Gasteiger partial charge on any atom is 0.346 e. The minimum atomic E-state index is -3.28. The average Bonchev–Trinajstić information content (AvgIpc) is 1.31. The van der Waals surface area contributed by atoms with E-state index in [1.807, 2.05) is 0 Å².